The van der Waals surface area contributed by atoms with Crippen LogP contribution < -0.4 is 0 Å². The van der Waals surface area contributed by atoms with Gasteiger partial charge in [0.05, 0.1) is 11.3 Å². The summed E-state index contributed by atoms with van der Waals surface area (Å²) in [5.74, 6) is -0.447. The van der Waals surface area contributed by atoms with Gasteiger partial charge in [-0.3, -0.25) is 4.79 Å². The van der Waals surface area contributed by atoms with Crippen molar-refractivity contribution in [1.82, 2.24) is 10.2 Å². The zero-order valence-corrected chi connectivity index (χ0v) is 14.1. The first-order valence-corrected chi connectivity index (χ1v) is 8.41. The summed E-state index contributed by atoms with van der Waals surface area (Å²) < 4.78 is 20.0. The lowest BCUT2D eigenvalue weighted by molar-refractivity contribution is 0.101. The predicted molar refractivity (Wildman–Crippen MR) is 88.9 cm³/mol. The minimum absolute atomic E-state index is 0.0307. The van der Waals surface area contributed by atoms with Crippen molar-refractivity contribution in [3.63, 3.8) is 0 Å². The van der Waals surface area contributed by atoms with Crippen molar-refractivity contribution in [2.75, 3.05) is 5.75 Å². The number of thioether (sulfide) groups is 1. The van der Waals surface area contributed by atoms with E-state index in [0.29, 0.717) is 5.89 Å². The number of Topliss-reactive ketones (excluding diaryl/α,β-unsaturated/α-hetero) is 1. The lowest BCUT2D eigenvalue weighted by Crippen LogP contribution is -2.04. The number of aromatic nitrogens is 2. The van der Waals surface area contributed by atoms with Gasteiger partial charge in [-0.2, -0.15) is 0 Å². The highest BCUT2D eigenvalue weighted by Gasteiger charge is 2.14. The summed E-state index contributed by atoms with van der Waals surface area (Å²) in [5.41, 5.74) is 0.848. The molecule has 0 unspecified atom stereocenters. The van der Waals surface area contributed by atoms with E-state index in [2.05, 4.69) is 26.1 Å². The zero-order valence-electron chi connectivity index (χ0n) is 11.7. The first-order valence-electron chi connectivity index (χ1n) is 6.63. The summed E-state index contributed by atoms with van der Waals surface area (Å²) in [5, 5.41) is 8.11. The van der Waals surface area contributed by atoms with Gasteiger partial charge in [0.2, 0.25) is 5.89 Å². The van der Waals surface area contributed by atoms with Crippen LogP contribution in [-0.4, -0.2) is 21.7 Å². The third kappa shape index (κ3) is 3.86. The van der Waals surface area contributed by atoms with Gasteiger partial charge in [-0.15, -0.1) is 10.2 Å². The number of rotatable bonds is 5. The van der Waals surface area contributed by atoms with E-state index in [9.17, 15) is 9.18 Å². The highest BCUT2D eigenvalue weighted by molar-refractivity contribution is 9.10. The van der Waals surface area contributed by atoms with Crippen LogP contribution >= 0.6 is 27.7 Å². The molecule has 0 fully saturated rings. The van der Waals surface area contributed by atoms with Crippen molar-refractivity contribution in [2.24, 2.45) is 0 Å². The molecule has 0 radical (unpaired) electrons. The largest absolute Gasteiger partial charge is 0.411 e. The molecule has 0 bridgehead atoms. The lowest BCUT2D eigenvalue weighted by atomic mass is 10.1. The van der Waals surface area contributed by atoms with E-state index in [1.807, 2.05) is 24.3 Å². The number of carbonyl (C=O) groups is 1. The number of hydrogen-bond acceptors (Lipinski definition) is 5. The number of benzene rings is 2. The number of carbonyl (C=O) groups excluding carboxylic acids is 1. The molecule has 0 atom stereocenters. The van der Waals surface area contributed by atoms with Crippen LogP contribution in [0.2, 0.25) is 0 Å². The van der Waals surface area contributed by atoms with Gasteiger partial charge in [0.15, 0.2) is 5.78 Å². The van der Waals surface area contributed by atoms with Gasteiger partial charge in [0.1, 0.15) is 5.82 Å². The summed E-state index contributed by atoms with van der Waals surface area (Å²) >= 11 is 4.44. The van der Waals surface area contributed by atoms with Crippen LogP contribution in [0.4, 0.5) is 4.39 Å². The van der Waals surface area contributed by atoms with Gasteiger partial charge in [-0.25, -0.2) is 4.39 Å². The molecule has 0 aliphatic heterocycles. The third-order valence-corrected chi connectivity index (χ3v) is 4.35. The topological polar surface area (TPSA) is 56.0 Å². The third-order valence-electron chi connectivity index (χ3n) is 3.00. The number of ketones is 1. The lowest BCUT2D eigenvalue weighted by Gasteiger charge is -2.00. The average Bonchev–Trinajstić information content (AvgIpc) is 3.03. The quantitative estimate of drug-likeness (QED) is 0.468. The van der Waals surface area contributed by atoms with Crippen molar-refractivity contribution < 1.29 is 13.6 Å². The first-order chi connectivity index (χ1) is 11.1. The van der Waals surface area contributed by atoms with Gasteiger partial charge < -0.3 is 4.42 Å². The Hall–Kier alpha value is -1.99. The molecule has 0 aliphatic carbocycles. The van der Waals surface area contributed by atoms with E-state index < -0.39 is 5.82 Å². The van der Waals surface area contributed by atoms with Gasteiger partial charge in [-0.05, 0) is 36.4 Å². The highest BCUT2D eigenvalue weighted by Crippen LogP contribution is 2.25. The van der Waals surface area contributed by atoms with E-state index in [4.69, 9.17) is 4.42 Å². The van der Waals surface area contributed by atoms with Crippen molar-refractivity contribution in [3.8, 4) is 11.5 Å². The van der Waals surface area contributed by atoms with Crippen LogP contribution in [0.15, 0.2) is 62.6 Å². The maximum absolute atomic E-state index is 13.5. The molecule has 0 N–H and O–H groups in total. The van der Waals surface area contributed by atoms with Crippen LogP contribution in [0.1, 0.15) is 10.4 Å². The van der Waals surface area contributed by atoms with Crippen molar-refractivity contribution >= 4 is 33.5 Å². The number of nitrogens with zero attached hydrogens (tertiary/aromatic N) is 2. The Morgan fingerprint density at radius 2 is 1.87 bits per heavy atom. The minimum atomic E-state index is -0.529. The fraction of sp³-hybridized carbons (Fsp3) is 0.0625. The summed E-state index contributed by atoms with van der Waals surface area (Å²) in [6, 6.07) is 13.3. The van der Waals surface area contributed by atoms with Gasteiger partial charge >= 0.3 is 0 Å². The minimum Gasteiger partial charge on any atom is -0.411 e. The van der Waals surface area contributed by atoms with Crippen LogP contribution in [0.25, 0.3) is 11.5 Å². The molecule has 116 valence electrons. The zero-order chi connectivity index (χ0) is 16.2. The molecular weight excluding hydrogens is 383 g/mol. The van der Waals surface area contributed by atoms with Crippen molar-refractivity contribution in [3.05, 3.63) is 64.4 Å². The fourth-order valence-corrected chi connectivity index (χ4v) is 2.78. The molecule has 0 aliphatic rings. The molecule has 3 aromatic rings. The molecule has 0 amide bonds. The van der Waals surface area contributed by atoms with Crippen molar-refractivity contribution in [1.29, 1.82) is 0 Å². The second-order valence-corrected chi connectivity index (χ2v) is 6.41. The molecule has 4 nitrogen and oxygen atoms in total. The normalized spacial score (nSPS) is 10.7. The molecule has 1 aromatic heterocycles. The molecule has 0 spiro atoms. The van der Waals surface area contributed by atoms with E-state index in [-0.39, 0.29) is 22.3 Å². The van der Waals surface area contributed by atoms with Crippen LogP contribution in [-0.2, 0) is 0 Å². The average molecular weight is 393 g/mol. The summed E-state index contributed by atoms with van der Waals surface area (Å²) in [6.07, 6.45) is 0. The van der Waals surface area contributed by atoms with Crippen LogP contribution in [0.3, 0.4) is 0 Å². The standard InChI is InChI=1S/C16H10BrFN2O2S/c17-11-7-5-10(6-8-11)15-19-20-16(22-15)23-9-14(21)12-3-1-2-4-13(12)18/h1-8H,9H2. The summed E-state index contributed by atoms with van der Waals surface area (Å²) in [7, 11) is 0. The maximum atomic E-state index is 13.5. The maximum Gasteiger partial charge on any atom is 0.277 e. The smallest absolute Gasteiger partial charge is 0.277 e. The Morgan fingerprint density at radius 3 is 2.61 bits per heavy atom. The van der Waals surface area contributed by atoms with Crippen molar-refractivity contribution in [2.45, 2.75) is 5.22 Å². The van der Waals surface area contributed by atoms with E-state index in [0.717, 1.165) is 21.8 Å². The van der Waals surface area contributed by atoms with E-state index >= 15 is 0 Å². The Balaban J connectivity index is 1.67. The molecule has 0 saturated carbocycles. The second kappa shape index (κ2) is 7.06. The van der Waals surface area contributed by atoms with Gasteiger partial charge in [0, 0.05) is 10.0 Å². The molecule has 1 heterocycles. The fourth-order valence-electron chi connectivity index (χ4n) is 1.87. The monoisotopic (exact) mass is 392 g/mol. The predicted octanol–water partition coefficient (Wildman–Crippen LogP) is 4.61. The SMILES string of the molecule is O=C(CSc1nnc(-c2ccc(Br)cc2)o1)c1ccccc1F. The summed E-state index contributed by atoms with van der Waals surface area (Å²) in [6.45, 7) is 0. The summed E-state index contributed by atoms with van der Waals surface area (Å²) in [4.78, 5) is 12.0. The molecule has 7 heteroatoms. The van der Waals surface area contributed by atoms with Gasteiger partial charge in [0.25, 0.3) is 5.22 Å². The molecule has 0 saturated heterocycles. The highest BCUT2D eigenvalue weighted by atomic mass is 79.9. The Kier molecular flexibility index (Phi) is 4.88. The van der Waals surface area contributed by atoms with Gasteiger partial charge in [-0.1, -0.05) is 39.8 Å². The molecule has 23 heavy (non-hydrogen) atoms. The molecule has 3 rings (SSSR count). The Labute approximate surface area is 144 Å². The Bertz CT molecular complexity index is 836. The number of hydrogen-bond donors (Lipinski definition) is 0. The van der Waals surface area contributed by atoms with E-state index in [1.165, 1.54) is 12.1 Å². The molecular formula is C16H10BrFN2O2S. The Morgan fingerprint density at radius 1 is 1.13 bits per heavy atom. The second-order valence-electron chi connectivity index (χ2n) is 4.57. The van der Waals surface area contributed by atoms with E-state index in [1.54, 1.807) is 12.1 Å². The van der Waals surface area contributed by atoms with Crippen LogP contribution in [0.5, 0.6) is 0 Å². The van der Waals surface area contributed by atoms with Crippen LogP contribution in [0, 0.1) is 5.82 Å². The number of halogens is 2. The molecule has 2 aromatic carbocycles. The first kappa shape index (κ1) is 15.9.